The Balaban J connectivity index is 1.55. The Bertz CT molecular complexity index is 1560. The first-order chi connectivity index (χ1) is 23.6. The summed E-state index contributed by atoms with van der Waals surface area (Å²) in [5, 5.41) is 43.8. The predicted octanol–water partition coefficient (Wildman–Crippen LogP) is 6.31. The summed E-state index contributed by atoms with van der Waals surface area (Å²) in [6.45, 7) is 5.72. The van der Waals surface area contributed by atoms with Crippen molar-refractivity contribution in [1.82, 2.24) is 4.90 Å². The van der Waals surface area contributed by atoms with Gasteiger partial charge in [0.25, 0.3) is 0 Å². The summed E-state index contributed by atoms with van der Waals surface area (Å²) in [7, 11) is 1.66. The Morgan fingerprint density at radius 2 is 1.76 bits per heavy atom. The van der Waals surface area contributed by atoms with Gasteiger partial charge in [-0.05, 0) is 92.5 Å². The number of hydrogen-bond donors (Lipinski definition) is 4. The van der Waals surface area contributed by atoms with Crippen LogP contribution in [0.5, 0.6) is 0 Å². The van der Waals surface area contributed by atoms with Crippen LogP contribution in [0.25, 0.3) is 11.1 Å². The molecule has 0 saturated heterocycles. The summed E-state index contributed by atoms with van der Waals surface area (Å²) in [6, 6.07) is 24.0. The van der Waals surface area contributed by atoms with Gasteiger partial charge in [-0.1, -0.05) is 85.3 Å². The van der Waals surface area contributed by atoms with Gasteiger partial charge < -0.3 is 25.2 Å². The first-order valence-electron chi connectivity index (χ1n) is 18.0. The van der Waals surface area contributed by atoms with Crippen LogP contribution in [0.4, 0.5) is 0 Å². The second-order valence-electron chi connectivity index (χ2n) is 14.6. The lowest BCUT2D eigenvalue weighted by atomic mass is 9.64. The number of ketones is 1. The Hall–Kier alpha value is -3.17. The first kappa shape index (κ1) is 37.1. The number of allylic oxidation sites excluding steroid dienone is 2. The molecular formula is C42H55NO6. The molecular weight excluding hydrogens is 614 g/mol. The number of ether oxygens (including phenoxy) is 1. The molecule has 0 unspecified atom stereocenters. The quantitative estimate of drug-likeness (QED) is 0.102. The molecule has 7 nitrogen and oxygen atoms in total. The lowest BCUT2D eigenvalue weighted by molar-refractivity contribution is -0.0898. The maximum absolute atomic E-state index is 14.5. The van der Waals surface area contributed by atoms with E-state index in [4.69, 9.17) is 4.74 Å². The molecule has 0 aliphatic heterocycles. The van der Waals surface area contributed by atoms with E-state index in [1.807, 2.05) is 48.5 Å². The molecule has 0 spiro atoms. The number of benzene rings is 3. The molecule has 0 amide bonds. The zero-order chi connectivity index (χ0) is 35.0. The Morgan fingerprint density at radius 1 is 1.02 bits per heavy atom. The van der Waals surface area contributed by atoms with Gasteiger partial charge in [0.15, 0.2) is 5.78 Å². The zero-order valence-electron chi connectivity index (χ0n) is 29.5. The SMILES string of the molecule is COCCCN(C[C@H](O)CO)C[C@]1(O)CC[C@H]2c3ccc(cc3C(=O)c3ccc(-c4ccccc4)cc3)C[C@@H](O)CCC(C)=CCC[C@@]21C. The number of carbonyl (C=O) groups excluding carboxylic acids is 1. The molecule has 3 aromatic carbocycles. The van der Waals surface area contributed by atoms with Crippen LogP contribution in [-0.4, -0.2) is 88.9 Å². The number of fused-ring (bicyclic) bond motifs is 8. The third-order valence-corrected chi connectivity index (χ3v) is 11.2. The molecule has 1 saturated carbocycles. The lowest BCUT2D eigenvalue weighted by Gasteiger charge is -2.46. The summed E-state index contributed by atoms with van der Waals surface area (Å²) < 4.78 is 5.30. The van der Waals surface area contributed by atoms with Gasteiger partial charge >= 0.3 is 0 Å². The van der Waals surface area contributed by atoms with Gasteiger partial charge in [-0.2, -0.15) is 0 Å². The molecule has 5 atom stereocenters. The van der Waals surface area contributed by atoms with Crippen LogP contribution >= 0.6 is 0 Å². The van der Waals surface area contributed by atoms with Crippen molar-refractivity contribution in [3.8, 4) is 11.1 Å². The van der Waals surface area contributed by atoms with E-state index in [0.717, 1.165) is 41.5 Å². The molecule has 6 rings (SSSR count). The molecule has 3 aliphatic carbocycles. The minimum atomic E-state index is -1.11. The summed E-state index contributed by atoms with van der Waals surface area (Å²) >= 11 is 0. The number of aliphatic hydroxyl groups excluding tert-OH is 3. The fourth-order valence-electron chi connectivity index (χ4n) is 8.19. The smallest absolute Gasteiger partial charge is 0.193 e. The van der Waals surface area contributed by atoms with E-state index in [-0.39, 0.29) is 24.9 Å². The minimum Gasteiger partial charge on any atom is -0.394 e. The first-order valence-corrected chi connectivity index (χ1v) is 18.0. The van der Waals surface area contributed by atoms with Gasteiger partial charge in [0.05, 0.1) is 24.4 Å². The van der Waals surface area contributed by atoms with Crippen molar-refractivity contribution in [2.24, 2.45) is 5.41 Å². The van der Waals surface area contributed by atoms with Crippen LogP contribution in [0.1, 0.15) is 91.8 Å². The molecule has 264 valence electrons. The van der Waals surface area contributed by atoms with Crippen LogP contribution in [0, 0.1) is 5.41 Å². The number of methoxy groups -OCH3 is 1. The van der Waals surface area contributed by atoms with Crippen molar-refractivity contribution in [3.05, 3.63) is 107 Å². The van der Waals surface area contributed by atoms with Gasteiger partial charge in [0, 0.05) is 49.9 Å². The van der Waals surface area contributed by atoms with Crippen LogP contribution in [0.2, 0.25) is 0 Å². The molecule has 4 N–H and O–H groups in total. The van der Waals surface area contributed by atoms with Gasteiger partial charge in [-0.25, -0.2) is 0 Å². The topological polar surface area (TPSA) is 110 Å². The maximum atomic E-state index is 14.5. The molecule has 2 bridgehead atoms. The highest BCUT2D eigenvalue weighted by Gasteiger charge is 2.57. The van der Waals surface area contributed by atoms with Crippen LogP contribution in [0.15, 0.2) is 84.4 Å². The highest BCUT2D eigenvalue weighted by atomic mass is 16.5. The highest BCUT2D eigenvalue weighted by molar-refractivity contribution is 6.10. The zero-order valence-corrected chi connectivity index (χ0v) is 29.5. The number of nitrogens with zero attached hydrogens (tertiary/aromatic N) is 1. The van der Waals surface area contributed by atoms with Crippen molar-refractivity contribution < 1.29 is 30.0 Å². The van der Waals surface area contributed by atoms with Gasteiger partial charge in [-0.15, -0.1) is 0 Å². The maximum Gasteiger partial charge on any atom is 0.193 e. The van der Waals surface area contributed by atoms with Crippen molar-refractivity contribution >= 4 is 5.78 Å². The van der Waals surface area contributed by atoms with Crippen LogP contribution in [-0.2, 0) is 11.2 Å². The fraction of sp³-hybridized carbons (Fsp3) is 0.500. The van der Waals surface area contributed by atoms with E-state index in [0.29, 0.717) is 62.9 Å². The van der Waals surface area contributed by atoms with E-state index in [9.17, 15) is 25.2 Å². The predicted molar refractivity (Wildman–Crippen MR) is 195 cm³/mol. The van der Waals surface area contributed by atoms with Gasteiger partial charge in [0.2, 0.25) is 0 Å². The van der Waals surface area contributed by atoms with E-state index >= 15 is 0 Å². The summed E-state index contributed by atoms with van der Waals surface area (Å²) in [4.78, 5) is 16.6. The molecule has 0 heterocycles. The number of hydrogen-bond acceptors (Lipinski definition) is 7. The number of rotatable bonds is 12. The molecule has 0 radical (unpaired) electrons. The number of aliphatic hydroxyl groups is 4. The Kier molecular flexibility index (Phi) is 12.6. The van der Waals surface area contributed by atoms with Crippen molar-refractivity contribution in [2.45, 2.75) is 88.9 Å². The number of carbonyl (C=O) groups is 1. The van der Waals surface area contributed by atoms with Crippen molar-refractivity contribution in [3.63, 3.8) is 0 Å². The largest absolute Gasteiger partial charge is 0.394 e. The Morgan fingerprint density at radius 3 is 2.47 bits per heavy atom. The summed E-state index contributed by atoms with van der Waals surface area (Å²) in [6.07, 6.45) is 6.19. The Labute approximate surface area is 292 Å². The molecule has 3 aliphatic rings. The minimum absolute atomic E-state index is 0.0566. The average molecular weight is 670 g/mol. The fourth-order valence-corrected chi connectivity index (χ4v) is 8.19. The van der Waals surface area contributed by atoms with Crippen molar-refractivity contribution in [1.29, 1.82) is 0 Å². The summed E-state index contributed by atoms with van der Waals surface area (Å²) in [5.41, 5.74) is 4.77. The third kappa shape index (κ3) is 8.77. The molecule has 1 fully saturated rings. The normalized spacial score (nSPS) is 25.1. The lowest BCUT2D eigenvalue weighted by Crippen LogP contribution is -2.54. The second-order valence-corrected chi connectivity index (χ2v) is 14.6. The van der Waals surface area contributed by atoms with Crippen molar-refractivity contribution in [2.75, 3.05) is 40.0 Å². The highest BCUT2D eigenvalue weighted by Crippen LogP contribution is 2.59. The van der Waals surface area contributed by atoms with E-state index in [1.54, 1.807) is 7.11 Å². The molecule has 0 aromatic heterocycles. The standard InChI is InChI=1S/C42H55NO6/c1-30-9-7-21-41(2)39(20-22-42(41,48)29-43(23-8-24-49-3)27-36(46)28-44)37-19-13-31(25-35(45)18-12-30)26-38(37)40(47)34-16-14-33(15-17-34)32-10-5-4-6-11-32/h4-6,9-11,13-17,19,26,35-36,39,44-46,48H,7-8,12,18,20-25,27-29H2,1-3H3/t35-,36-,39-,41-,42+/m0/s1. The van der Waals surface area contributed by atoms with Crippen LogP contribution in [0.3, 0.4) is 0 Å². The van der Waals surface area contributed by atoms with E-state index < -0.39 is 23.2 Å². The third-order valence-electron chi connectivity index (χ3n) is 11.2. The summed E-state index contributed by atoms with van der Waals surface area (Å²) in [5.74, 6) is -0.155. The average Bonchev–Trinajstić information content (AvgIpc) is 3.35. The van der Waals surface area contributed by atoms with Gasteiger partial charge in [0.1, 0.15) is 0 Å². The van der Waals surface area contributed by atoms with E-state index in [1.165, 1.54) is 5.57 Å². The van der Waals surface area contributed by atoms with Crippen LogP contribution < -0.4 is 0 Å². The molecule has 49 heavy (non-hydrogen) atoms. The molecule has 3 aromatic rings. The second kappa shape index (κ2) is 16.7. The molecule has 7 heteroatoms. The van der Waals surface area contributed by atoms with Gasteiger partial charge in [-0.3, -0.25) is 9.69 Å². The van der Waals surface area contributed by atoms with E-state index in [2.05, 4.69) is 49.1 Å². The monoisotopic (exact) mass is 669 g/mol.